The molecule has 0 atom stereocenters. The number of aromatic amines is 1. The highest BCUT2D eigenvalue weighted by atomic mass is 32.1. The number of aromatic nitrogens is 2. The van der Waals surface area contributed by atoms with Gasteiger partial charge >= 0.3 is 5.97 Å². The molecule has 2 heterocycles. The van der Waals surface area contributed by atoms with Crippen LogP contribution in [0, 0.1) is 0 Å². The average molecular weight is 279 g/mol. The first-order valence-corrected chi connectivity index (χ1v) is 6.47. The second kappa shape index (κ2) is 6.14. The van der Waals surface area contributed by atoms with Gasteiger partial charge in [-0.3, -0.25) is 9.89 Å². The highest BCUT2D eigenvalue weighted by molar-refractivity contribution is 7.09. The first-order chi connectivity index (χ1) is 9.16. The molecule has 0 spiro atoms. The van der Waals surface area contributed by atoms with Crippen LogP contribution in [0.5, 0.6) is 0 Å². The van der Waals surface area contributed by atoms with Gasteiger partial charge in [0.1, 0.15) is 5.69 Å². The van der Waals surface area contributed by atoms with E-state index in [-0.39, 0.29) is 18.2 Å². The summed E-state index contributed by atoms with van der Waals surface area (Å²) < 4.78 is 4.89. The Morgan fingerprint density at radius 1 is 1.47 bits per heavy atom. The largest absolute Gasteiger partial charge is 0.451 e. The lowest BCUT2D eigenvalue weighted by Crippen LogP contribution is -2.30. The second-order valence-corrected chi connectivity index (χ2v) is 4.91. The summed E-state index contributed by atoms with van der Waals surface area (Å²) in [6, 6.07) is 5.36. The van der Waals surface area contributed by atoms with Gasteiger partial charge in [-0.05, 0) is 17.5 Å². The third-order valence-electron chi connectivity index (χ3n) is 2.45. The zero-order valence-corrected chi connectivity index (χ0v) is 11.1. The maximum Gasteiger partial charge on any atom is 0.356 e. The van der Waals surface area contributed by atoms with Crippen LogP contribution in [0.2, 0.25) is 0 Å². The fraction of sp³-hybridized carbons (Fsp3) is 0.250. The first-order valence-electron chi connectivity index (χ1n) is 5.59. The summed E-state index contributed by atoms with van der Waals surface area (Å²) in [5.41, 5.74) is 0.230. The zero-order chi connectivity index (χ0) is 13.7. The number of carbonyl (C=O) groups is 2. The van der Waals surface area contributed by atoms with Gasteiger partial charge in [0.25, 0.3) is 5.91 Å². The van der Waals surface area contributed by atoms with Crippen LogP contribution in [0.1, 0.15) is 15.4 Å². The topological polar surface area (TPSA) is 75.3 Å². The molecule has 1 N–H and O–H groups in total. The number of nitrogens with zero attached hydrogens (tertiary/aromatic N) is 2. The molecular formula is C12H13N3O3S. The lowest BCUT2D eigenvalue weighted by Gasteiger charge is -2.15. The Morgan fingerprint density at radius 3 is 2.95 bits per heavy atom. The number of thiophene rings is 1. The van der Waals surface area contributed by atoms with E-state index in [4.69, 9.17) is 4.74 Å². The van der Waals surface area contributed by atoms with Crippen LogP contribution in [0.4, 0.5) is 0 Å². The van der Waals surface area contributed by atoms with Crippen LogP contribution in [0.25, 0.3) is 0 Å². The van der Waals surface area contributed by atoms with Gasteiger partial charge in [0, 0.05) is 18.1 Å². The van der Waals surface area contributed by atoms with Gasteiger partial charge < -0.3 is 9.64 Å². The van der Waals surface area contributed by atoms with Crippen molar-refractivity contribution in [1.82, 2.24) is 15.1 Å². The monoisotopic (exact) mass is 279 g/mol. The predicted molar refractivity (Wildman–Crippen MR) is 69.7 cm³/mol. The summed E-state index contributed by atoms with van der Waals surface area (Å²) in [6.07, 6.45) is 1.45. The average Bonchev–Trinajstić information content (AvgIpc) is 3.07. The summed E-state index contributed by atoms with van der Waals surface area (Å²) in [5.74, 6) is -0.836. The van der Waals surface area contributed by atoms with Crippen molar-refractivity contribution in [3.63, 3.8) is 0 Å². The maximum atomic E-state index is 11.8. The van der Waals surface area contributed by atoms with Gasteiger partial charge in [-0.15, -0.1) is 11.3 Å². The van der Waals surface area contributed by atoms with Gasteiger partial charge in [-0.1, -0.05) is 6.07 Å². The van der Waals surface area contributed by atoms with Gasteiger partial charge in [-0.2, -0.15) is 5.10 Å². The van der Waals surface area contributed by atoms with E-state index in [2.05, 4.69) is 10.2 Å². The normalized spacial score (nSPS) is 10.2. The smallest absolute Gasteiger partial charge is 0.356 e. The number of esters is 1. The minimum atomic E-state index is -0.588. The first kappa shape index (κ1) is 13.3. The Labute approximate surface area is 114 Å². The Bertz CT molecular complexity index is 537. The van der Waals surface area contributed by atoms with E-state index in [1.54, 1.807) is 18.4 Å². The number of H-pyrrole nitrogens is 1. The molecule has 2 aromatic rings. The molecule has 0 radical (unpaired) electrons. The highest BCUT2D eigenvalue weighted by Crippen LogP contribution is 2.10. The quantitative estimate of drug-likeness (QED) is 0.837. The van der Waals surface area contributed by atoms with Crippen molar-refractivity contribution in [2.24, 2.45) is 0 Å². The number of rotatable bonds is 5. The molecule has 0 unspecified atom stereocenters. The Hall–Kier alpha value is -2.15. The Kier molecular flexibility index (Phi) is 4.30. The molecule has 0 aliphatic carbocycles. The predicted octanol–water partition coefficient (Wildman–Crippen LogP) is 1.29. The summed E-state index contributed by atoms with van der Waals surface area (Å²) in [7, 11) is 1.67. The van der Waals surface area contributed by atoms with Crippen LogP contribution in [-0.4, -0.2) is 40.6 Å². The van der Waals surface area contributed by atoms with Crippen molar-refractivity contribution in [2.45, 2.75) is 6.54 Å². The summed E-state index contributed by atoms with van der Waals surface area (Å²) in [6.45, 7) is 0.234. The molecule has 0 saturated carbocycles. The Morgan fingerprint density at radius 2 is 2.32 bits per heavy atom. The number of carbonyl (C=O) groups excluding carboxylic acids is 2. The maximum absolute atomic E-state index is 11.8. The molecular weight excluding hydrogens is 266 g/mol. The number of amides is 1. The van der Waals surface area contributed by atoms with E-state index >= 15 is 0 Å². The van der Waals surface area contributed by atoms with E-state index in [1.807, 2.05) is 17.5 Å². The molecule has 0 aromatic carbocycles. The van der Waals surface area contributed by atoms with Crippen molar-refractivity contribution in [2.75, 3.05) is 13.7 Å². The molecule has 2 aromatic heterocycles. The van der Waals surface area contributed by atoms with Crippen LogP contribution in [0.15, 0.2) is 29.8 Å². The van der Waals surface area contributed by atoms with Crippen LogP contribution >= 0.6 is 11.3 Å². The van der Waals surface area contributed by atoms with E-state index in [9.17, 15) is 9.59 Å². The van der Waals surface area contributed by atoms with E-state index in [1.165, 1.54) is 17.2 Å². The zero-order valence-electron chi connectivity index (χ0n) is 10.3. The van der Waals surface area contributed by atoms with Gasteiger partial charge in [-0.25, -0.2) is 4.79 Å². The third-order valence-corrected chi connectivity index (χ3v) is 3.31. The summed E-state index contributed by atoms with van der Waals surface area (Å²) >= 11 is 1.58. The van der Waals surface area contributed by atoms with Crippen molar-refractivity contribution >= 4 is 23.2 Å². The van der Waals surface area contributed by atoms with Crippen LogP contribution in [0.3, 0.4) is 0 Å². The lowest BCUT2D eigenvalue weighted by atomic mass is 10.4. The molecule has 0 saturated heterocycles. The van der Waals surface area contributed by atoms with Gasteiger partial charge in [0.2, 0.25) is 0 Å². The van der Waals surface area contributed by atoms with Crippen molar-refractivity contribution in [3.8, 4) is 0 Å². The highest BCUT2D eigenvalue weighted by Gasteiger charge is 2.14. The van der Waals surface area contributed by atoms with Crippen LogP contribution < -0.4 is 0 Å². The summed E-state index contributed by atoms with van der Waals surface area (Å²) in [5, 5.41) is 8.06. The van der Waals surface area contributed by atoms with Crippen molar-refractivity contribution in [1.29, 1.82) is 0 Å². The lowest BCUT2D eigenvalue weighted by molar-refractivity contribution is -0.133. The number of hydrogen-bond acceptors (Lipinski definition) is 5. The fourth-order valence-corrected chi connectivity index (χ4v) is 2.17. The number of ether oxygens (including phenoxy) is 1. The molecule has 0 fully saturated rings. The molecule has 7 heteroatoms. The fourth-order valence-electron chi connectivity index (χ4n) is 1.41. The Balaban J connectivity index is 1.79. The molecule has 0 bridgehead atoms. The van der Waals surface area contributed by atoms with E-state index < -0.39 is 5.97 Å². The number of likely N-dealkylation sites (N-methyl/N-ethyl adjacent to an activating group) is 1. The minimum Gasteiger partial charge on any atom is -0.451 e. The molecule has 0 aliphatic heterocycles. The molecule has 6 nitrogen and oxygen atoms in total. The molecule has 100 valence electrons. The number of nitrogens with one attached hydrogen (secondary N) is 1. The minimum absolute atomic E-state index is 0.230. The van der Waals surface area contributed by atoms with Crippen molar-refractivity contribution < 1.29 is 14.3 Å². The molecule has 0 aliphatic rings. The molecule has 19 heavy (non-hydrogen) atoms. The molecule has 2 rings (SSSR count). The van der Waals surface area contributed by atoms with E-state index in [0.29, 0.717) is 6.54 Å². The van der Waals surface area contributed by atoms with Crippen molar-refractivity contribution in [3.05, 3.63) is 40.3 Å². The third kappa shape index (κ3) is 3.65. The standard InChI is InChI=1S/C12H13N3O3S/c1-15(7-9-3-2-6-19-9)11(16)8-18-12(17)10-4-5-13-14-10/h2-6H,7-8H2,1H3,(H,13,14). The SMILES string of the molecule is CN(Cc1cccs1)C(=O)COC(=O)c1ccn[nH]1. The second-order valence-electron chi connectivity index (χ2n) is 3.88. The van der Waals surface area contributed by atoms with Crippen LogP contribution in [-0.2, 0) is 16.1 Å². The van der Waals surface area contributed by atoms with E-state index in [0.717, 1.165) is 4.88 Å². The van der Waals surface area contributed by atoms with Gasteiger partial charge in [0.15, 0.2) is 6.61 Å². The summed E-state index contributed by atoms with van der Waals surface area (Å²) in [4.78, 5) is 25.9. The van der Waals surface area contributed by atoms with Gasteiger partial charge in [0.05, 0.1) is 6.54 Å². The number of hydrogen-bond donors (Lipinski definition) is 1. The molecule has 1 amide bonds.